The third-order valence-corrected chi connectivity index (χ3v) is 3.71. The molecule has 0 spiro atoms. The van der Waals surface area contributed by atoms with E-state index in [0.717, 1.165) is 6.42 Å². The molecule has 0 heterocycles. The SMILES string of the molecule is CCC(N)CCCS(=O)(=O)CC(=O)OC. The summed E-state index contributed by atoms with van der Waals surface area (Å²) in [5.41, 5.74) is 5.64. The summed E-state index contributed by atoms with van der Waals surface area (Å²) >= 11 is 0. The minimum Gasteiger partial charge on any atom is -0.468 e. The van der Waals surface area contributed by atoms with Gasteiger partial charge in [0.1, 0.15) is 5.75 Å². The number of nitrogens with two attached hydrogens (primary N) is 1. The Kier molecular flexibility index (Phi) is 6.51. The smallest absolute Gasteiger partial charge is 0.320 e. The molecule has 0 radical (unpaired) electrons. The molecule has 5 nitrogen and oxygen atoms in total. The second kappa shape index (κ2) is 6.79. The van der Waals surface area contributed by atoms with Crippen LogP contribution in [0.25, 0.3) is 0 Å². The number of hydrogen-bond donors (Lipinski definition) is 1. The number of ether oxygens (including phenoxy) is 1. The molecule has 2 N–H and O–H groups in total. The summed E-state index contributed by atoms with van der Waals surface area (Å²) in [7, 11) is -2.16. The lowest BCUT2D eigenvalue weighted by molar-refractivity contribution is -0.137. The van der Waals surface area contributed by atoms with Crippen molar-refractivity contribution in [2.75, 3.05) is 18.6 Å². The Labute approximate surface area is 90.9 Å². The summed E-state index contributed by atoms with van der Waals surface area (Å²) in [4.78, 5) is 10.8. The number of carbonyl (C=O) groups excluding carboxylic acids is 1. The van der Waals surface area contributed by atoms with Gasteiger partial charge in [-0.15, -0.1) is 0 Å². The first-order valence-electron chi connectivity index (χ1n) is 4.94. The summed E-state index contributed by atoms with van der Waals surface area (Å²) in [6, 6.07) is 0.0401. The Balaban J connectivity index is 3.90. The molecule has 0 amide bonds. The van der Waals surface area contributed by atoms with E-state index in [4.69, 9.17) is 5.73 Å². The fourth-order valence-corrected chi connectivity index (χ4v) is 2.31. The van der Waals surface area contributed by atoms with Crippen LogP contribution >= 0.6 is 0 Å². The highest BCUT2D eigenvalue weighted by molar-refractivity contribution is 7.92. The van der Waals surface area contributed by atoms with Gasteiger partial charge in [0.2, 0.25) is 0 Å². The lowest BCUT2D eigenvalue weighted by Gasteiger charge is -2.07. The monoisotopic (exact) mass is 237 g/mol. The van der Waals surface area contributed by atoms with Crippen molar-refractivity contribution in [2.45, 2.75) is 32.2 Å². The van der Waals surface area contributed by atoms with Gasteiger partial charge in [0, 0.05) is 6.04 Å². The van der Waals surface area contributed by atoms with E-state index in [0.29, 0.717) is 12.8 Å². The highest BCUT2D eigenvalue weighted by Gasteiger charge is 2.16. The molecular weight excluding hydrogens is 218 g/mol. The molecule has 0 aromatic rings. The third-order valence-electron chi connectivity index (χ3n) is 2.12. The van der Waals surface area contributed by atoms with Crippen molar-refractivity contribution in [1.82, 2.24) is 0 Å². The van der Waals surface area contributed by atoms with Crippen LogP contribution in [0.15, 0.2) is 0 Å². The van der Waals surface area contributed by atoms with Crippen molar-refractivity contribution < 1.29 is 17.9 Å². The predicted octanol–water partition coefficient (Wildman–Crippen LogP) is 0.0917. The van der Waals surface area contributed by atoms with E-state index in [1.807, 2.05) is 6.92 Å². The minimum absolute atomic E-state index is 0.00417. The van der Waals surface area contributed by atoms with Crippen LogP contribution in [0.1, 0.15) is 26.2 Å². The lowest BCUT2D eigenvalue weighted by Crippen LogP contribution is -2.23. The maximum absolute atomic E-state index is 11.3. The molecule has 1 atom stereocenters. The first-order chi connectivity index (χ1) is 6.91. The molecule has 90 valence electrons. The first kappa shape index (κ1) is 14.4. The highest BCUT2D eigenvalue weighted by atomic mass is 32.2. The minimum atomic E-state index is -3.33. The van der Waals surface area contributed by atoms with Crippen molar-refractivity contribution in [3.63, 3.8) is 0 Å². The molecule has 0 rings (SSSR count). The Bertz CT molecular complexity index is 286. The van der Waals surface area contributed by atoms with Crippen molar-refractivity contribution in [3.8, 4) is 0 Å². The summed E-state index contributed by atoms with van der Waals surface area (Å²) in [5, 5.41) is 0. The quantitative estimate of drug-likeness (QED) is 0.634. The number of rotatable bonds is 7. The van der Waals surface area contributed by atoms with Crippen molar-refractivity contribution >= 4 is 15.8 Å². The molecule has 0 aliphatic rings. The van der Waals surface area contributed by atoms with E-state index >= 15 is 0 Å². The van der Waals surface area contributed by atoms with Gasteiger partial charge in [0.15, 0.2) is 9.84 Å². The molecule has 6 heteroatoms. The maximum atomic E-state index is 11.3. The maximum Gasteiger partial charge on any atom is 0.320 e. The molecule has 0 fully saturated rings. The van der Waals surface area contributed by atoms with Gasteiger partial charge >= 0.3 is 5.97 Å². The topological polar surface area (TPSA) is 86.5 Å². The van der Waals surface area contributed by atoms with Crippen molar-refractivity contribution in [2.24, 2.45) is 5.73 Å². The van der Waals surface area contributed by atoms with Gasteiger partial charge in [-0.3, -0.25) is 4.79 Å². The van der Waals surface area contributed by atoms with Crippen LogP contribution in [0, 0.1) is 0 Å². The van der Waals surface area contributed by atoms with Gasteiger partial charge in [0.25, 0.3) is 0 Å². The van der Waals surface area contributed by atoms with E-state index < -0.39 is 21.6 Å². The number of methoxy groups -OCH3 is 1. The molecule has 1 unspecified atom stereocenters. The van der Waals surface area contributed by atoms with Gasteiger partial charge < -0.3 is 10.5 Å². The van der Waals surface area contributed by atoms with Gasteiger partial charge in [0.05, 0.1) is 12.9 Å². The van der Waals surface area contributed by atoms with Crippen LogP contribution in [0.2, 0.25) is 0 Å². The van der Waals surface area contributed by atoms with E-state index in [-0.39, 0.29) is 11.8 Å². The third kappa shape index (κ3) is 7.33. The van der Waals surface area contributed by atoms with Crippen LogP contribution in [-0.4, -0.2) is 39.0 Å². The zero-order valence-electron chi connectivity index (χ0n) is 9.23. The van der Waals surface area contributed by atoms with Crippen molar-refractivity contribution in [1.29, 1.82) is 0 Å². The standard InChI is InChI=1S/C9H19NO4S/c1-3-8(10)5-4-6-15(12,13)7-9(11)14-2/h8H,3-7,10H2,1-2H3. The number of esters is 1. The van der Waals surface area contributed by atoms with Crippen LogP contribution in [-0.2, 0) is 19.4 Å². The fraction of sp³-hybridized carbons (Fsp3) is 0.889. The normalized spacial score (nSPS) is 13.5. The summed E-state index contributed by atoms with van der Waals surface area (Å²) < 4.78 is 26.9. The average molecular weight is 237 g/mol. The van der Waals surface area contributed by atoms with E-state index in [1.165, 1.54) is 7.11 Å². The molecule has 0 aliphatic carbocycles. The number of hydrogen-bond acceptors (Lipinski definition) is 5. The van der Waals surface area contributed by atoms with E-state index in [2.05, 4.69) is 4.74 Å². The van der Waals surface area contributed by atoms with Gasteiger partial charge in [-0.2, -0.15) is 0 Å². The summed E-state index contributed by atoms with van der Waals surface area (Å²) in [6.45, 7) is 1.95. The molecule has 15 heavy (non-hydrogen) atoms. The Hall–Kier alpha value is -0.620. The zero-order chi connectivity index (χ0) is 11.9. The van der Waals surface area contributed by atoms with Gasteiger partial charge in [-0.1, -0.05) is 6.92 Å². The van der Waals surface area contributed by atoms with Gasteiger partial charge in [-0.25, -0.2) is 8.42 Å². The Morgan fingerprint density at radius 2 is 2.07 bits per heavy atom. The van der Waals surface area contributed by atoms with E-state index in [1.54, 1.807) is 0 Å². The summed E-state index contributed by atoms with van der Waals surface area (Å²) in [5.74, 6) is -1.25. The number of carbonyl (C=O) groups is 1. The molecule has 0 saturated carbocycles. The summed E-state index contributed by atoms with van der Waals surface area (Å²) in [6.07, 6.45) is 1.99. The number of sulfone groups is 1. The molecule has 0 aliphatic heterocycles. The van der Waals surface area contributed by atoms with Gasteiger partial charge in [-0.05, 0) is 19.3 Å². The molecule has 0 saturated heterocycles. The van der Waals surface area contributed by atoms with Crippen LogP contribution in [0.4, 0.5) is 0 Å². The molecule has 0 bridgehead atoms. The lowest BCUT2D eigenvalue weighted by atomic mass is 10.1. The van der Waals surface area contributed by atoms with Crippen molar-refractivity contribution in [3.05, 3.63) is 0 Å². The Morgan fingerprint density at radius 1 is 1.47 bits per heavy atom. The average Bonchev–Trinajstić information content (AvgIpc) is 2.16. The highest BCUT2D eigenvalue weighted by Crippen LogP contribution is 2.02. The second-order valence-corrected chi connectivity index (χ2v) is 5.66. The van der Waals surface area contributed by atoms with Crippen LogP contribution in [0.5, 0.6) is 0 Å². The molecule has 0 aromatic heterocycles. The largest absolute Gasteiger partial charge is 0.468 e. The van der Waals surface area contributed by atoms with Crippen LogP contribution in [0.3, 0.4) is 0 Å². The Morgan fingerprint density at radius 3 is 2.53 bits per heavy atom. The predicted molar refractivity (Wildman–Crippen MR) is 58.2 cm³/mol. The molecule has 0 aromatic carbocycles. The van der Waals surface area contributed by atoms with Crippen LogP contribution < -0.4 is 5.73 Å². The molecular formula is C9H19NO4S. The fourth-order valence-electron chi connectivity index (χ4n) is 1.08. The first-order valence-corrected chi connectivity index (χ1v) is 6.76. The zero-order valence-corrected chi connectivity index (χ0v) is 10.0. The second-order valence-electron chi connectivity index (χ2n) is 3.48. The van der Waals surface area contributed by atoms with E-state index in [9.17, 15) is 13.2 Å².